The third-order valence-electron chi connectivity index (χ3n) is 5.86. The maximum Gasteiger partial charge on any atom is 0.459 e. The Morgan fingerprint density at radius 1 is 1.37 bits per heavy atom. The van der Waals surface area contributed by atoms with Crippen molar-refractivity contribution in [3.63, 3.8) is 0 Å². The Morgan fingerprint density at radius 3 is 2.76 bits per heavy atom. The van der Waals surface area contributed by atoms with Gasteiger partial charge in [0.25, 0.3) is 0 Å². The summed E-state index contributed by atoms with van der Waals surface area (Å²) in [6.07, 6.45) is -1.15. The zero-order valence-electron chi connectivity index (χ0n) is 20.7. The number of halogens is 1. The van der Waals surface area contributed by atoms with Crippen molar-refractivity contribution in [3.05, 3.63) is 47.5 Å². The first-order valence-corrected chi connectivity index (χ1v) is 13.5. The van der Waals surface area contributed by atoms with E-state index in [0.29, 0.717) is 10.7 Å². The first-order chi connectivity index (χ1) is 17.9. The van der Waals surface area contributed by atoms with Gasteiger partial charge >= 0.3 is 13.7 Å². The van der Waals surface area contributed by atoms with Crippen LogP contribution in [0.5, 0.6) is 5.75 Å². The second-order valence-electron chi connectivity index (χ2n) is 8.73. The average molecular weight is 571 g/mol. The maximum atomic E-state index is 13.7. The molecule has 4 rings (SSSR count). The highest BCUT2D eigenvalue weighted by Gasteiger charge is 2.54. The van der Waals surface area contributed by atoms with Crippen LogP contribution >= 0.6 is 19.3 Å². The van der Waals surface area contributed by atoms with Gasteiger partial charge in [-0.1, -0.05) is 11.6 Å². The number of carbonyl (C=O) groups excluding carboxylic acids is 1. The quantitative estimate of drug-likeness (QED) is 0.203. The Bertz CT molecular complexity index is 1340. The van der Waals surface area contributed by atoms with Gasteiger partial charge < -0.3 is 29.9 Å². The van der Waals surface area contributed by atoms with Gasteiger partial charge in [-0.15, -0.1) is 0 Å². The topological polar surface area (TPSA) is 193 Å². The number of nitrogen functional groups attached to an aromatic ring is 1. The molecule has 3 heterocycles. The van der Waals surface area contributed by atoms with Crippen molar-refractivity contribution in [2.24, 2.45) is 0 Å². The molecule has 0 radical (unpaired) electrons. The molecule has 0 bridgehead atoms. The van der Waals surface area contributed by atoms with Gasteiger partial charge in [-0.25, -0.2) is 19.0 Å². The largest absolute Gasteiger partial charge is 0.465 e. The fourth-order valence-corrected chi connectivity index (χ4v) is 5.53. The summed E-state index contributed by atoms with van der Waals surface area (Å²) < 4.78 is 37.1. The summed E-state index contributed by atoms with van der Waals surface area (Å²) in [5.41, 5.74) is 4.56. The van der Waals surface area contributed by atoms with E-state index >= 15 is 0 Å². The first kappa shape index (κ1) is 28.2. The molecule has 0 amide bonds. The Hall–Kier alpha value is -2.84. The zero-order valence-corrected chi connectivity index (χ0v) is 22.4. The Morgan fingerprint density at radius 2 is 2.08 bits per heavy atom. The molecule has 16 heteroatoms. The molecule has 1 saturated heterocycles. The summed E-state index contributed by atoms with van der Waals surface area (Å²) in [6.45, 7) is 4.06. The lowest BCUT2D eigenvalue weighted by Crippen LogP contribution is -2.43. The number of anilines is 1. The molecular formula is C22H28ClN6O8P. The standard InChI is InChI=1S/C22H28ClN6O8P/c1-4-34-21(31)12(2)28-38(33,37-14-7-5-13(23)6-8-14)35-10-16-17(30)22(3,32)18(36-16)15-9-25-20-19(24)26-11-27-29(15)20/h5-9,11-12,16-18,30,32H,4,10H2,1-3H3,(H,28,33)(H2,24,26,27)/t12-,16?,17+,18-,22+,38?/m0/s1. The van der Waals surface area contributed by atoms with Gasteiger partial charge in [0, 0.05) is 5.02 Å². The lowest BCUT2D eigenvalue weighted by atomic mass is 9.91. The molecule has 14 nitrogen and oxygen atoms in total. The molecule has 2 unspecified atom stereocenters. The van der Waals surface area contributed by atoms with Crippen LogP contribution in [-0.4, -0.2) is 72.8 Å². The van der Waals surface area contributed by atoms with Crippen molar-refractivity contribution in [1.29, 1.82) is 0 Å². The molecule has 1 fully saturated rings. The van der Waals surface area contributed by atoms with Crippen LogP contribution in [0.2, 0.25) is 5.02 Å². The van der Waals surface area contributed by atoms with Crippen LogP contribution in [0.3, 0.4) is 0 Å². The molecule has 38 heavy (non-hydrogen) atoms. The van der Waals surface area contributed by atoms with Crippen molar-refractivity contribution in [3.8, 4) is 5.75 Å². The predicted molar refractivity (Wildman–Crippen MR) is 134 cm³/mol. The molecule has 1 aliphatic rings. The Balaban J connectivity index is 1.55. The van der Waals surface area contributed by atoms with Crippen LogP contribution in [0.1, 0.15) is 32.6 Å². The summed E-state index contributed by atoms with van der Waals surface area (Å²) in [5.74, 6) is -0.418. The molecule has 6 atom stereocenters. The first-order valence-electron chi connectivity index (χ1n) is 11.6. The van der Waals surface area contributed by atoms with Crippen LogP contribution < -0.4 is 15.3 Å². The molecule has 2 aromatic heterocycles. The maximum absolute atomic E-state index is 13.7. The summed E-state index contributed by atoms with van der Waals surface area (Å²) in [5, 5.41) is 29.1. The number of nitrogens with zero attached hydrogens (tertiary/aromatic N) is 4. The fourth-order valence-electron chi connectivity index (χ4n) is 3.90. The summed E-state index contributed by atoms with van der Waals surface area (Å²) in [4.78, 5) is 20.2. The monoisotopic (exact) mass is 570 g/mol. The van der Waals surface area contributed by atoms with Crippen molar-refractivity contribution in [2.45, 2.75) is 50.7 Å². The third-order valence-corrected chi connectivity index (χ3v) is 7.75. The third kappa shape index (κ3) is 5.76. The van der Waals surface area contributed by atoms with Crippen molar-refractivity contribution in [2.75, 3.05) is 18.9 Å². The smallest absolute Gasteiger partial charge is 0.459 e. The normalized spacial score (nSPS) is 25.7. The number of benzene rings is 1. The minimum Gasteiger partial charge on any atom is -0.465 e. The summed E-state index contributed by atoms with van der Waals surface area (Å²) in [7, 11) is -4.26. The van der Waals surface area contributed by atoms with Gasteiger partial charge in [0.15, 0.2) is 11.5 Å². The Labute approximate surface area is 222 Å². The number of carbonyl (C=O) groups is 1. The minimum atomic E-state index is -4.26. The number of rotatable bonds is 10. The van der Waals surface area contributed by atoms with E-state index in [4.69, 9.17) is 35.9 Å². The van der Waals surface area contributed by atoms with Crippen molar-refractivity contribution < 1.29 is 38.1 Å². The average Bonchev–Trinajstić information content (AvgIpc) is 3.39. The number of nitrogens with two attached hydrogens (primary N) is 1. The minimum absolute atomic E-state index is 0.117. The van der Waals surface area contributed by atoms with Crippen LogP contribution in [0.25, 0.3) is 5.65 Å². The molecule has 0 saturated carbocycles. The molecule has 0 spiro atoms. The number of esters is 1. The molecule has 1 aliphatic heterocycles. The van der Waals surface area contributed by atoms with E-state index in [1.54, 1.807) is 6.92 Å². The van der Waals surface area contributed by atoms with Gasteiger partial charge in [-0.3, -0.25) is 9.32 Å². The number of aliphatic hydroxyl groups is 2. The lowest BCUT2D eigenvalue weighted by molar-refractivity contribution is -0.144. The summed E-state index contributed by atoms with van der Waals surface area (Å²) >= 11 is 5.91. The molecule has 5 N–H and O–H groups in total. The van der Waals surface area contributed by atoms with E-state index in [-0.39, 0.29) is 23.8 Å². The van der Waals surface area contributed by atoms with Gasteiger partial charge in [-0.05, 0) is 45.0 Å². The fraction of sp³-hybridized carbons (Fsp3) is 0.455. The Kier molecular flexibility index (Phi) is 8.23. The van der Waals surface area contributed by atoms with E-state index in [1.807, 2.05) is 0 Å². The van der Waals surface area contributed by atoms with E-state index in [2.05, 4.69) is 20.2 Å². The number of aliphatic hydroxyl groups excluding tert-OH is 1. The van der Waals surface area contributed by atoms with Crippen LogP contribution in [0.4, 0.5) is 5.82 Å². The van der Waals surface area contributed by atoms with Crippen LogP contribution in [0.15, 0.2) is 36.8 Å². The molecular weight excluding hydrogens is 543 g/mol. The highest BCUT2D eigenvalue weighted by Crippen LogP contribution is 2.48. The number of aromatic nitrogens is 4. The molecule has 206 valence electrons. The van der Waals surface area contributed by atoms with E-state index in [0.717, 1.165) is 0 Å². The van der Waals surface area contributed by atoms with Gasteiger partial charge in [0.05, 0.1) is 25.1 Å². The van der Waals surface area contributed by atoms with Crippen LogP contribution in [0, 0.1) is 0 Å². The highest BCUT2D eigenvalue weighted by atomic mass is 35.5. The van der Waals surface area contributed by atoms with Crippen molar-refractivity contribution in [1.82, 2.24) is 24.7 Å². The lowest BCUT2D eigenvalue weighted by Gasteiger charge is -2.26. The molecule has 3 aromatic rings. The number of fused-ring (bicyclic) bond motifs is 1. The number of imidazole rings is 1. The SMILES string of the molecule is CCOC(=O)[C@H](C)NP(=O)(OCC1O[C@@H](c2cnc3c(N)ncnn23)[C@](C)(O)[C@@H]1O)Oc1ccc(Cl)cc1. The second-order valence-corrected chi connectivity index (χ2v) is 10.9. The van der Waals surface area contributed by atoms with E-state index in [1.165, 1.54) is 55.2 Å². The summed E-state index contributed by atoms with van der Waals surface area (Å²) in [6, 6.07) is 4.91. The van der Waals surface area contributed by atoms with Gasteiger partial charge in [-0.2, -0.15) is 10.2 Å². The predicted octanol–water partition coefficient (Wildman–Crippen LogP) is 1.66. The zero-order chi connectivity index (χ0) is 27.7. The van der Waals surface area contributed by atoms with E-state index in [9.17, 15) is 19.6 Å². The number of hydrogen-bond acceptors (Lipinski definition) is 12. The van der Waals surface area contributed by atoms with Crippen LogP contribution in [-0.2, 0) is 23.4 Å². The number of hydrogen-bond donors (Lipinski definition) is 4. The number of ether oxygens (including phenoxy) is 2. The molecule has 1 aromatic carbocycles. The second kappa shape index (κ2) is 11.1. The van der Waals surface area contributed by atoms with E-state index < -0.39 is 50.3 Å². The highest BCUT2D eigenvalue weighted by molar-refractivity contribution is 7.52. The van der Waals surface area contributed by atoms with Gasteiger partial charge in [0.2, 0.25) is 0 Å². The van der Waals surface area contributed by atoms with Gasteiger partial charge in [0.1, 0.15) is 42.0 Å². The van der Waals surface area contributed by atoms with Crippen molar-refractivity contribution >= 4 is 36.8 Å². The number of nitrogens with one attached hydrogen (secondary N) is 1. The molecule has 0 aliphatic carbocycles.